The molecule has 10 heteroatoms. The van der Waals surface area contributed by atoms with E-state index >= 15 is 0 Å². The second-order valence-electron chi connectivity index (χ2n) is 5.72. The summed E-state index contributed by atoms with van der Waals surface area (Å²) in [6.45, 7) is 5.07. The Balaban J connectivity index is 3.10. The number of nitrogens with one attached hydrogen (secondary N) is 1. The molecule has 1 heterocycles. The van der Waals surface area contributed by atoms with E-state index in [4.69, 9.17) is 11.6 Å². The summed E-state index contributed by atoms with van der Waals surface area (Å²) >= 11 is 5.70. The van der Waals surface area contributed by atoms with Gasteiger partial charge in [-0.25, -0.2) is 9.18 Å². The first-order chi connectivity index (χ1) is 11.9. The van der Waals surface area contributed by atoms with Crippen LogP contribution in [0.5, 0.6) is 5.75 Å². The normalized spacial score (nSPS) is 11.7. The minimum Gasteiger partial charge on any atom is -0.506 e. The van der Waals surface area contributed by atoms with Crippen LogP contribution in [-0.2, 0) is 19.6 Å². The van der Waals surface area contributed by atoms with Crippen molar-refractivity contribution in [3.8, 4) is 16.9 Å². The second-order valence-corrected chi connectivity index (χ2v) is 6.12. The molecule has 0 amide bonds. The van der Waals surface area contributed by atoms with Gasteiger partial charge in [-0.3, -0.25) is 14.3 Å². The molecule has 5 nitrogen and oxygen atoms in total. The number of alkyl halides is 3. The number of aromatic amines is 1. The van der Waals surface area contributed by atoms with Gasteiger partial charge in [0.15, 0.2) is 0 Å². The minimum absolute atomic E-state index is 0.159. The molecule has 0 bridgehead atoms. The third-order valence-electron chi connectivity index (χ3n) is 3.63. The van der Waals surface area contributed by atoms with Crippen molar-refractivity contribution in [3.63, 3.8) is 0 Å². The zero-order valence-electron chi connectivity index (χ0n) is 13.6. The lowest BCUT2D eigenvalue weighted by molar-refractivity contribution is -0.143. The van der Waals surface area contributed by atoms with E-state index in [1.807, 2.05) is 0 Å². The molecule has 2 rings (SSSR count). The standard InChI is InChI=1S/C16H13ClF4N2O3/c1-6(2)4-7-10(9(18)5-8(17)12(7)24)11-13(16(19,20)21)23(3)15(26)22-14(11)25/h5,24H,1,4H2,2-3H3,(H,22,25,26). The van der Waals surface area contributed by atoms with E-state index < -0.39 is 50.8 Å². The molecule has 0 aliphatic carbocycles. The van der Waals surface area contributed by atoms with Crippen molar-refractivity contribution in [2.24, 2.45) is 7.05 Å². The molecule has 0 fully saturated rings. The van der Waals surface area contributed by atoms with E-state index in [0.717, 1.165) is 7.05 Å². The van der Waals surface area contributed by atoms with E-state index in [2.05, 4.69) is 6.58 Å². The monoisotopic (exact) mass is 392 g/mol. The largest absolute Gasteiger partial charge is 0.506 e. The molecule has 0 spiro atoms. The molecule has 0 atom stereocenters. The van der Waals surface area contributed by atoms with Crippen LogP contribution in [0.4, 0.5) is 17.6 Å². The average Bonchev–Trinajstić information content (AvgIpc) is 2.47. The molecule has 0 unspecified atom stereocenters. The van der Waals surface area contributed by atoms with Gasteiger partial charge in [0, 0.05) is 18.2 Å². The number of halogens is 5. The summed E-state index contributed by atoms with van der Waals surface area (Å²) < 4.78 is 55.3. The molecule has 0 aliphatic heterocycles. The smallest absolute Gasteiger partial charge is 0.432 e. The quantitative estimate of drug-likeness (QED) is 0.621. The molecule has 0 saturated heterocycles. The highest BCUT2D eigenvalue weighted by Gasteiger charge is 2.40. The molecule has 0 radical (unpaired) electrons. The predicted octanol–water partition coefficient (Wildman–Crippen LogP) is 3.38. The van der Waals surface area contributed by atoms with Crippen LogP contribution >= 0.6 is 11.6 Å². The highest BCUT2D eigenvalue weighted by molar-refractivity contribution is 6.32. The van der Waals surface area contributed by atoms with E-state index in [-0.39, 0.29) is 16.6 Å². The molecule has 26 heavy (non-hydrogen) atoms. The lowest BCUT2D eigenvalue weighted by atomic mass is 9.93. The maximum absolute atomic E-state index is 14.6. The first kappa shape index (κ1) is 19.8. The molecule has 0 saturated carbocycles. The number of aromatic nitrogens is 2. The van der Waals surface area contributed by atoms with E-state index in [1.165, 1.54) is 6.92 Å². The summed E-state index contributed by atoms with van der Waals surface area (Å²) in [6.07, 6.45) is -5.38. The molecule has 140 valence electrons. The molecular formula is C16H13ClF4N2O3. The van der Waals surface area contributed by atoms with Crippen molar-refractivity contribution in [3.05, 3.63) is 61.2 Å². The SMILES string of the molecule is C=C(C)Cc1c(O)c(Cl)cc(F)c1-c1c(C(F)(F)F)n(C)c(=O)[nH]c1=O. The van der Waals surface area contributed by atoms with E-state index in [1.54, 1.807) is 4.98 Å². The van der Waals surface area contributed by atoms with Crippen LogP contribution in [0.2, 0.25) is 5.02 Å². The van der Waals surface area contributed by atoms with Gasteiger partial charge in [-0.05, 0) is 19.4 Å². The van der Waals surface area contributed by atoms with Gasteiger partial charge in [0.05, 0.1) is 10.6 Å². The Morgan fingerprint density at radius 3 is 2.42 bits per heavy atom. The summed E-state index contributed by atoms with van der Waals surface area (Å²) in [5, 5.41) is 9.69. The number of hydrogen-bond acceptors (Lipinski definition) is 3. The molecule has 2 aromatic rings. The van der Waals surface area contributed by atoms with Crippen LogP contribution in [0.1, 0.15) is 18.2 Å². The minimum atomic E-state index is -5.14. The topological polar surface area (TPSA) is 75.1 Å². The molecule has 0 aliphatic rings. The number of H-pyrrole nitrogens is 1. The highest BCUT2D eigenvalue weighted by Crippen LogP contribution is 2.42. The Labute approximate surface area is 149 Å². The number of allylic oxidation sites excluding steroid dienone is 1. The van der Waals surface area contributed by atoms with Crippen molar-refractivity contribution in [1.82, 2.24) is 9.55 Å². The van der Waals surface area contributed by atoms with Gasteiger partial charge >= 0.3 is 11.9 Å². The molecule has 1 aromatic heterocycles. The zero-order chi connectivity index (χ0) is 20.0. The Morgan fingerprint density at radius 1 is 1.35 bits per heavy atom. The summed E-state index contributed by atoms with van der Waals surface area (Å²) in [7, 11) is 0.788. The molecular weight excluding hydrogens is 380 g/mol. The average molecular weight is 393 g/mol. The summed E-state index contributed by atoms with van der Waals surface area (Å²) in [5.74, 6) is -1.92. The van der Waals surface area contributed by atoms with Crippen LogP contribution < -0.4 is 11.2 Å². The second kappa shape index (κ2) is 6.64. The predicted molar refractivity (Wildman–Crippen MR) is 87.9 cm³/mol. The summed E-state index contributed by atoms with van der Waals surface area (Å²) in [4.78, 5) is 25.5. The van der Waals surface area contributed by atoms with Gasteiger partial charge < -0.3 is 5.11 Å². The van der Waals surface area contributed by atoms with Gasteiger partial charge in [0.25, 0.3) is 5.56 Å². The Hall–Kier alpha value is -2.55. The summed E-state index contributed by atoms with van der Waals surface area (Å²) in [6, 6.07) is 0.596. The van der Waals surface area contributed by atoms with Crippen molar-refractivity contribution in [2.75, 3.05) is 0 Å². The summed E-state index contributed by atoms with van der Waals surface area (Å²) in [5.41, 5.74) is -6.28. The lowest BCUT2D eigenvalue weighted by Gasteiger charge is -2.19. The fourth-order valence-electron chi connectivity index (χ4n) is 2.59. The number of rotatable bonds is 3. The van der Waals surface area contributed by atoms with Crippen LogP contribution in [0.15, 0.2) is 27.8 Å². The van der Waals surface area contributed by atoms with Crippen molar-refractivity contribution in [1.29, 1.82) is 0 Å². The number of aromatic hydroxyl groups is 1. The Kier molecular flexibility index (Phi) is 5.05. The third-order valence-corrected chi connectivity index (χ3v) is 3.92. The number of nitrogens with zero attached hydrogens (tertiary/aromatic N) is 1. The number of phenols is 1. The van der Waals surface area contributed by atoms with Crippen molar-refractivity contribution < 1.29 is 22.7 Å². The van der Waals surface area contributed by atoms with E-state index in [9.17, 15) is 32.3 Å². The van der Waals surface area contributed by atoms with Crippen LogP contribution in [-0.4, -0.2) is 14.7 Å². The van der Waals surface area contributed by atoms with E-state index in [0.29, 0.717) is 11.6 Å². The van der Waals surface area contributed by atoms with Crippen LogP contribution in [0.3, 0.4) is 0 Å². The van der Waals surface area contributed by atoms with Gasteiger partial charge in [-0.15, -0.1) is 0 Å². The van der Waals surface area contributed by atoms with Crippen molar-refractivity contribution >= 4 is 11.6 Å². The first-order valence-electron chi connectivity index (χ1n) is 7.11. The maximum atomic E-state index is 14.6. The lowest BCUT2D eigenvalue weighted by Crippen LogP contribution is -2.36. The first-order valence-corrected chi connectivity index (χ1v) is 7.49. The van der Waals surface area contributed by atoms with Gasteiger partial charge in [-0.2, -0.15) is 13.2 Å². The van der Waals surface area contributed by atoms with Crippen LogP contribution in [0, 0.1) is 5.82 Å². The van der Waals surface area contributed by atoms with Gasteiger partial charge in [-0.1, -0.05) is 23.8 Å². The molecule has 1 aromatic carbocycles. The number of phenolic OH excluding ortho intramolecular Hbond substituents is 1. The Bertz CT molecular complexity index is 1020. The fourth-order valence-corrected chi connectivity index (χ4v) is 2.80. The Morgan fingerprint density at radius 2 is 1.92 bits per heavy atom. The van der Waals surface area contributed by atoms with Crippen LogP contribution in [0.25, 0.3) is 11.1 Å². The zero-order valence-corrected chi connectivity index (χ0v) is 14.3. The van der Waals surface area contributed by atoms with Gasteiger partial charge in [0.1, 0.15) is 17.3 Å². The van der Waals surface area contributed by atoms with Crippen molar-refractivity contribution in [2.45, 2.75) is 19.5 Å². The third kappa shape index (κ3) is 3.39. The number of hydrogen-bond donors (Lipinski definition) is 2. The fraction of sp³-hybridized carbons (Fsp3) is 0.250. The van der Waals surface area contributed by atoms with Gasteiger partial charge in [0.2, 0.25) is 0 Å². The highest BCUT2D eigenvalue weighted by atomic mass is 35.5. The number of benzene rings is 1. The maximum Gasteiger partial charge on any atom is 0.432 e. The molecule has 2 N–H and O–H groups in total.